The maximum absolute atomic E-state index is 12.8. The molecule has 0 radical (unpaired) electrons. The standard InChI is InChI=1S/C17H21N3O2/c1-11-6-5-7-14-18-13-8-9-19(16(22)17(2,3)4)10-12(13)15(21)20(11)14/h5-7H,8-10H2,1-4H3. The molecule has 0 fully saturated rings. The van der Waals surface area contributed by atoms with E-state index in [1.54, 1.807) is 9.30 Å². The summed E-state index contributed by atoms with van der Waals surface area (Å²) < 4.78 is 1.63. The van der Waals surface area contributed by atoms with Crippen LogP contribution < -0.4 is 5.56 Å². The first-order valence-electron chi connectivity index (χ1n) is 7.58. The number of nitrogens with zero attached hydrogens (tertiary/aromatic N) is 3. The molecule has 2 aromatic rings. The lowest BCUT2D eigenvalue weighted by atomic mass is 9.93. The summed E-state index contributed by atoms with van der Waals surface area (Å²) in [6, 6.07) is 5.65. The Bertz CT molecular complexity index is 815. The molecule has 116 valence electrons. The Morgan fingerprint density at radius 3 is 2.68 bits per heavy atom. The summed E-state index contributed by atoms with van der Waals surface area (Å²) >= 11 is 0. The van der Waals surface area contributed by atoms with Crippen LogP contribution in [-0.2, 0) is 17.8 Å². The summed E-state index contributed by atoms with van der Waals surface area (Å²) in [6.07, 6.45) is 0.636. The van der Waals surface area contributed by atoms with E-state index < -0.39 is 5.41 Å². The minimum Gasteiger partial charge on any atom is -0.337 e. The highest BCUT2D eigenvalue weighted by atomic mass is 16.2. The molecule has 0 saturated carbocycles. The number of hydrogen-bond donors (Lipinski definition) is 0. The summed E-state index contributed by atoms with van der Waals surface area (Å²) in [4.78, 5) is 31.7. The predicted molar refractivity (Wildman–Crippen MR) is 84.8 cm³/mol. The normalized spacial score (nSPS) is 15.0. The number of carbonyl (C=O) groups is 1. The van der Waals surface area contributed by atoms with Crippen LogP contribution in [0.2, 0.25) is 0 Å². The Kier molecular flexibility index (Phi) is 3.31. The maximum atomic E-state index is 12.8. The van der Waals surface area contributed by atoms with Crippen LogP contribution in [0.4, 0.5) is 0 Å². The lowest BCUT2D eigenvalue weighted by molar-refractivity contribution is -0.140. The summed E-state index contributed by atoms with van der Waals surface area (Å²) in [5, 5.41) is 0. The number of aromatic nitrogens is 2. The van der Waals surface area contributed by atoms with E-state index in [9.17, 15) is 9.59 Å². The van der Waals surface area contributed by atoms with Crippen molar-refractivity contribution in [3.05, 3.63) is 45.5 Å². The van der Waals surface area contributed by atoms with Gasteiger partial charge in [0.05, 0.1) is 17.8 Å². The van der Waals surface area contributed by atoms with Crippen molar-refractivity contribution in [1.82, 2.24) is 14.3 Å². The van der Waals surface area contributed by atoms with Gasteiger partial charge >= 0.3 is 0 Å². The van der Waals surface area contributed by atoms with Gasteiger partial charge in [-0.3, -0.25) is 14.0 Å². The second-order valence-corrected chi connectivity index (χ2v) is 6.93. The first-order valence-corrected chi connectivity index (χ1v) is 7.58. The van der Waals surface area contributed by atoms with Crippen molar-refractivity contribution in [3.8, 4) is 0 Å². The third-order valence-corrected chi connectivity index (χ3v) is 4.12. The van der Waals surface area contributed by atoms with Crippen molar-refractivity contribution in [2.24, 2.45) is 5.41 Å². The Labute approximate surface area is 129 Å². The van der Waals surface area contributed by atoms with Gasteiger partial charge in [-0.25, -0.2) is 4.98 Å². The zero-order valence-corrected chi connectivity index (χ0v) is 13.5. The zero-order valence-electron chi connectivity index (χ0n) is 13.5. The molecule has 5 nitrogen and oxygen atoms in total. The SMILES string of the molecule is Cc1cccc2nc3c(c(=O)n12)CN(C(=O)C(C)(C)C)CC3. The van der Waals surface area contributed by atoms with Gasteiger partial charge in [-0.05, 0) is 19.1 Å². The number of carbonyl (C=O) groups excluding carboxylic acids is 1. The van der Waals surface area contributed by atoms with Crippen molar-refractivity contribution in [2.45, 2.75) is 40.7 Å². The Balaban J connectivity index is 2.10. The van der Waals surface area contributed by atoms with Crippen molar-refractivity contribution in [1.29, 1.82) is 0 Å². The van der Waals surface area contributed by atoms with E-state index in [0.717, 1.165) is 11.4 Å². The number of fused-ring (bicyclic) bond motifs is 2. The zero-order chi connectivity index (χ0) is 16.1. The molecule has 0 atom stereocenters. The first kappa shape index (κ1) is 14.8. The van der Waals surface area contributed by atoms with E-state index in [-0.39, 0.29) is 11.5 Å². The van der Waals surface area contributed by atoms with Gasteiger partial charge in [-0.2, -0.15) is 0 Å². The van der Waals surface area contributed by atoms with Gasteiger partial charge in [0.15, 0.2) is 0 Å². The molecule has 5 heteroatoms. The molecule has 0 bridgehead atoms. The molecule has 0 aliphatic carbocycles. The molecule has 3 heterocycles. The summed E-state index contributed by atoms with van der Waals surface area (Å²) in [7, 11) is 0. The van der Waals surface area contributed by atoms with Crippen LogP contribution >= 0.6 is 0 Å². The van der Waals surface area contributed by atoms with Gasteiger partial charge in [0, 0.05) is 24.1 Å². The van der Waals surface area contributed by atoms with Crippen LogP contribution in [0.3, 0.4) is 0 Å². The predicted octanol–water partition coefficient (Wildman–Crippen LogP) is 1.93. The molecule has 0 N–H and O–H groups in total. The largest absolute Gasteiger partial charge is 0.337 e. The van der Waals surface area contributed by atoms with E-state index in [4.69, 9.17) is 0 Å². The van der Waals surface area contributed by atoms with Gasteiger partial charge in [0.25, 0.3) is 5.56 Å². The molecule has 0 aromatic carbocycles. The Morgan fingerprint density at radius 1 is 1.27 bits per heavy atom. The molecule has 3 rings (SSSR count). The highest BCUT2D eigenvalue weighted by Crippen LogP contribution is 2.22. The van der Waals surface area contributed by atoms with E-state index in [2.05, 4.69) is 4.98 Å². The number of hydrogen-bond acceptors (Lipinski definition) is 3. The van der Waals surface area contributed by atoms with Crippen LogP contribution in [0.5, 0.6) is 0 Å². The average Bonchev–Trinajstić information content (AvgIpc) is 2.45. The van der Waals surface area contributed by atoms with Crippen molar-refractivity contribution < 1.29 is 4.79 Å². The number of amides is 1. The van der Waals surface area contributed by atoms with Crippen LogP contribution in [0, 0.1) is 12.3 Å². The van der Waals surface area contributed by atoms with E-state index >= 15 is 0 Å². The third-order valence-electron chi connectivity index (χ3n) is 4.12. The average molecular weight is 299 g/mol. The van der Waals surface area contributed by atoms with E-state index in [1.807, 2.05) is 45.9 Å². The molecule has 0 saturated heterocycles. The minimum atomic E-state index is -0.437. The summed E-state index contributed by atoms with van der Waals surface area (Å²) in [5.41, 5.74) is 2.53. The topological polar surface area (TPSA) is 54.7 Å². The molecule has 0 unspecified atom stereocenters. The Morgan fingerprint density at radius 2 is 2.00 bits per heavy atom. The lowest BCUT2D eigenvalue weighted by Crippen LogP contribution is -2.44. The maximum Gasteiger partial charge on any atom is 0.263 e. The van der Waals surface area contributed by atoms with Gasteiger partial charge in [0.1, 0.15) is 5.65 Å². The van der Waals surface area contributed by atoms with Crippen molar-refractivity contribution in [3.63, 3.8) is 0 Å². The minimum absolute atomic E-state index is 0.0514. The molecule has 1 aliphatic rings. The van der Waals surface area contributed by atoms with Crippen LogP contribution in [0.1, 0.15) is 37.7 Å². The second kappa shape index (κ2) is 4.93. The van der Waals surface area contributed by atoms with Gasteiger partial charge in [-0.15, -0.1) is 0 Å². The number of aryl methyl sites for hydroxylation is 1. The molecule has 2 aromatic heterocycles. The fraction of sp³-hybridized carbons (Fsp3) is 0.471. The highest BCUT2D eigenvalue weighted by molar-refractivity contribution is 5.81. The highest BCUT2D eigenvalue weighted by Gasteiger charge is 2.31. The molecule has 1 amide bonds. The monoisotopic (exact) mass is 299 g/mol. The molecule has 0 spiro atoms. The van der Waals surface area contributed by atoms with Crippen LogP contribution in [-0.4, -0.2) is 26.7 Å². The molecule has 22 heavy (non-hydrogen) atoms. The summed E-state index contributed by atoms with van der Waals surface area (Å²) in [5.74, 6) is 0.0763. The fourth-order valence-corrected chi connectivity index (χ4v) is 2.94. The van der Waals surface area contributed by atoms with Crippen LogP contribution in [0.25, 0.3) is 5.65 Å². The molecular formula is C17H21N3O2. The van der Waals surface area contributed by atoms with Gasteiger partial charge in [0.2, 0.25) is 5.91 Å². The van der Waals surface area contributed by atoms with Gasteiger partial charge < -0.3 is 4.90 Å². The van der Waals surface area contributed by atoms with Gasteiger partial charge in [-0.1, -0.05) is 26.8 Å². The van der Waals surface area contributed by atoms with Crippen LogP contribution in [0.15, 0.2) is 23.0 Å². The number of pyridine rings is 1. The van der Waals surface area contributed by atoms with Crippen molar-refractivity contribution >= 4 is 11.6 Å². The second-order valence-electron chi connectivity index (χ2n) is 6.93. The van der Waals surface area contributed by atoms with E-state index in [0.29, 0.717) is 30.7 Å². The quantitative estimate of drug-likeness (QED) is 0.747. The lowest BCUT2D eigenvalue weighted by Gasteiger charge is -2.33. The Hall–Kier alpha value is -2.17. The summed E-state index contributed by atoms with van der Waals surface area (Å²) in [6.45, 7) is 8.58. The first-order chi connectivity index (χ1) is 10.3. The smallest absolute Gasteiger partial charge is 0.263 e. The molecule has 1 aliphatic heterocycles. The third kappa shape index (κ3) is 2.30. The van der Waals surface area contributed by atoms with Crippen molar-refractivity contribution in [2.75, 3.05) is 6.54 Å². The number of rotatable bonds is 0. The van der Waals surface area contributed by atoms with E-state index in [1.165, 1.54) is 0 Å². The fourth-order valence-electron chi connectivity index (χ4n) is 2.94. The molecular weight excluding hydrogens is 278 g/mol.